The van der Waals surface area contributed by atoms with E-state index in [9.17, 15) is 26.4 Å². The van der Waals surface area contributed by atoms with Crippen LogP contribution in [0.3, 0.4) is 0 Å². The number of piperazine rings is 1. The number of anilines is 1. The average Bonchev–Trinajstić information content (AvgIpc) is 3.15. The Morgan fingerprint density at radius 3 is 2.47 bits per heavy atom. The number of hydrogen-bond acceptors (Lipinski definition) is 6. The van der Waals surface area contributed by atoms with E-state index in [1.165, 1.54) is 34.6 Å². The molecule has 0 atom stereocenters. The minimum Gasteiger partial charge on any atom is -0.304 e. The molecule has 1 saturated heterocycles. The van der Waals surface area contributed by atoms with Gasteiger partial charge in [0.05, 0.1) is 26.2 Å². The van der Waals surface area contributed by atoms with Crippen LogP contribution in [0.15, 0.2) is 47.4 Å². The van der Waals surface area contributed by atoms with Crippen molar-refractivity contribution in [3.63, 3.8) is 0 Å². The van der Waals surface area contributed by atoms with Crippen LogP contribution in [-0.2, 0) is 16.2 Å². The lowest BCUT2D eigenvalue weighted by molar-refractivity contribution is -0.137. The number of thiazole rings is 1. The van der Waals surface area contributed by atoms with Crippen LogP contribution in [0.5, 0.6) is 0 Å². The normalized spacial score (nSPS) is 16.4. The van der Waals surface area contributed by atoms with E-state index in [0.29, 0.717) is 36.4 Å². The van der Waals surface area contributed by atoms with Gasteiger partial charge in [-0.3, -0.25) is 10.1 Å². The third kappa shape index (κ3) is 4.49. The fourth-order valence-corrected chi connectivity index (χ4v) is 5.81. The molecular weight excluding hydrogens is 465 g/mol. The predicted molar refractivity (Wildman–Crippen MR) is 115 cm³/mol. The number of amides is 1. The van der Waals surface area contributed by atoms with E-state index in [4.69, 9.17) is 0 Å². The van der Waals surface area contributed by atoms with Gasteiger partial charge in [-0.2, -0.15) is 17.5 Å². The number of fused-ring (bicyclic) bond motifs is 1. The van der Waals surface area contributed by atoms with Gasteiger partial charge in [0.2, 0.25) is 10.0 Å². The van der Waals surface area contributed by atoms with E-state index in [-0.39, 0.29) is 10.0 Å². The van der Waals surface area contributed by atoms with E-state index in [2.05, 4.69) is 10.3 Å². The standard InChI is InChI=1S/C20H19F3N4O3S2/c1-26-8-10-27(11-9-26)32(29,30)13-6-7-16-17(12-13)31-19(24-16)25-18(28)14-4-2-3-5-15(14)20(21,22)23/h2-7,12H,8-11H2,1H3,(H,24,25,28). The molecule has 0 spiro atoms. The molecule has 1 amide bonds. The fraction of sp³-hybridized carbons (Fsp3) is 0.300. The Hall–Kier alpha value is -2.54. The summed E-state index contributed by atoms with van der Waals surface area (Å²) in [6.45, 7) is 2.05. The van der Waals surface area contributed by atoms with Crippen LogP contribution >= 0.6 is 11.3 Å². The van der Waals surface area contributed by atoms with E-state index in [1.54, 1.807) is 0 Å². The number of carbonyl (C=O) groups is 1. The maximum Gasteiger partial charge on any atom is 0.417 e. The van der Waals surface area contributed by atoms with Gasteiger partial charge in [0.15, 0.2) is 5.13 Å². The highest BCUT2D eigenvalue weighted by molar-refractivity contribution is 7.89. The molecule has 1 N–H and O–H groups in total. The summed E-state index contributed by atoms with van der Waals surface area (Å²) in [4.78, 5) is 18.8. The summed E-state index contributed by atoms with van der Waals surface area (Å²) < 4.78 is 67.4. The molecule has 0 bridgehead atoms. The van der Waals surface area contributed by atoms with Crippen molar-refractivity contribution >= 4 is 42.6 Å². The number of sulfonamides is 1. The van der Waals surface area contributed by atoms with Crippen LogP contribution in [0, 0.1) is 0 Å². The zero-order valence-corrected chi connectivity index (χ0v) is 18.5. The molecule has 7 nitrogen and oxygen atoms in total. The molecule has 170 valence electrons. The molecular formula is C20H19F3N4O3S2. The molecule has 0 unspecified atom stereocenters. The molecule has 4 rings (SSSR count). The third-order valence-corrected chi connectivity index (χ3v) is 7.99. The zero-order valence-electron chi connectivity index (χ0n) is 16.9. The second-order valence-corrected chi connectivity index (χ2v) is 10.3. The van der Waals surface area contributed by atoms with Crippen LogP contribution in [-0.4, -0.2) is 61.7 Å². The van der Waals surface area contributed by atoms with Crippen LogP contribution in [0.1, 0.15) is 15.9 Å². The maximum atomic E-state index is 13.2. The van der Waals surface area contributed by atoms with Crippen molar-refractivity contribution in [1.82, 2.24) is 14.2 Å². The van der Waals surface area contributed by atoms with E-state index in [0.717, 1.165) is 23.5 Å². The smallest absolute Gasteiger partial charge is 0.304 e. The Morgan fingerprint density at radius 2 is 1.78 bits per heavy atom. The van der Waals surface area contributed by atoms with Crippen molar-refractivity contribution in [2.75, 3.05) is 38.5 Å². The van der Waals surface area contributed by atoms with E-state index in [1.807, 2.05) is 11.9 Å². The lowest BCUT2D eigenvalue weighted by Gasteiger charge is -2.31. The number of carbonyl (C=O) groups excluding carboxylic acids is 1. The Kier molecular flexibility index (Phi) is 5.96. The maximum absolute atomic E-state index is 13.2. The van der Waals surface area contributed by atoms with Gasteiger partial charge in [-0.15, -0.1) is 0 Å². The van der Waals surface area contributed by atoms with Crippen molar-refractivity contribution in [3.05, 3.63) is 53.6 Å². The fourth-order valence-electron chi connectivity index (χ4n) is 3.39. The zero-order chi connectivity index (χ0) is 23.1. The first-order valence-electron chi connectivity index (χ1n) is 9.62. The SMILES string of the molecule is CN1CCN(S(=O)(=O)c2ccc3nc(NC(=O)c4ccccc4C(F)(F)F)sc3c2)CC1. The first kappa shape index (κ1) is 22.6. The quantitative estimate of drug-likeness (QED) is 0.613. The molecule has 32 heavy (non-hydrogen) atoms. The number of halogens is 3. The van der Waals surface area contributed by atoms with Gasteiger partial charge in [-0.1, -0.05) is 23.5 Å². The topological polar surface area (TPSA) is 82.6 Å². The summed E-state index contributed by atoms with van der Waals surface area (Å²) in [5, 5.41) is 2.47. The van der Waals surface area contributed by atoms with Gasteiger partial charge in [-0.25, -0.2) is 13.4 Å². The van der Waals surface area contributed by atoms with Crippen molar-refractivity contribution in [3.8, 4) is 0 Å². The number of likely N-dealkylation sites (N-methyl/N-ethyl adjacent to an activating group) is 1. The number of nitrogens with one attached hydrogen (secondary N) is 1. The highest BCUT2D eigenvalue weighted by Gasteiger charge is 2.35. The van der Waals surface area contributed by atoms with Crippen LogP contribution < -0.4 is 5.32 Å². The monoisotopic (exact) mass is 484 g/mol. The number of alkyl halides is 3. The van der Waals surface area contributed by atoms with Crippen molar-refractivity contribution < 1.29 is 26.4 Å². The first-order valence-corrected chi connectivity index (χ1v) is 11.9. The minimum absolute atomic E-state index is 0.0797. The van der Waals surface area contributed by atoms with E-state index < -0.39 is 33.2 Å². The lowest BCUT2D eigenvalue weighted by atomic mass is 10.1. The third-order valence-electron chi connectivity index (χ3n) is 5.16. The highest BCUT2D eigenvalue weighted by atomic mass is 32.2. The summed E-state index contributed by atoms with van der Waals surface area (Å²) in [6, 6.07) is 8.92. The summed E-state index contributed by atoms with van der Waals surface area (Å²) in [6.07, 6.45) is -4.67. The second-order valence-electron chi connectivity index (χ2n) is 7.35. The summed E-state index contributed by atoms with van der Waals surface area (Å²) in [5.41, 5.74) is -1.12. The molecule has 1 aliphatic heterocycles. The molecule has 0 saturated carbocycles. The van der Waals surface area contributed by atoms with Gasteiger partial charge in [0.25, 0.3) is 5.91 Å². The van der Waals surface area contributed by atoms with Gasteiger partial charge in [0, 0.05) is 26.2 Å². The number of benzene rings is 2. The van der Waals surface area contributed by atoms with Gasteiger partial charge < -0.3 is 4.90 Å². The van der Waals surface area contributed by atoms with Gasteiger partial charge in [0.1, 0.15) is 0 Å². The molecule has 2 heterocycles. The molecule has 0 radical (unpaired) electrons. The Bertz CT molecular complexity index is 1270. The molecule has 1 fully saturated rings. The lowest BCUT2D eigenvalue weighted by Crippen LogP contribution is -2.46. The van der Waals surface area contributed by atoms with Crippen LogP contribution in [0.25, 0.3) is 10.2 Å². The van der Waals surface area contributed by atoms with Crippen molar-refractivity contribution in [1.29, 1.82) is 0 Å². The first-order chi connectivity index (χ1) is 15.1. The molecule has 1 aromatic heterocycles. The molecule has 3 aromatic rings. The Morgan fingerprint density at radius 1 is 1.09 bits per heavy atom. The molecule has 2 aromatic carbocycles. The van der Waals surface area contributed by atoms with Crippen molar-refractivity contribution in [2.45, 2.75) is 11.1 Å². The molecule has 12 heteroatoms. The van der Waals surface area contributed by atoms with Gasteiger partial charge >= 0.3 is 6.18 Å². The Labute approximate surface area is 186 Å². The molecule has 1 aliphatic rings. The van der Waals surface area contributed by atoms with Crippen molar-refractivity contribution in [2.24, 2.45) is 0 Å². The van der Waals surface area contributed by atoms with Crippen LogP contribution in [0.2, 0.25) is 0 Å². The van der Waals surface area contributed by atoms with Gasteiger partial charge in [-0.05, 0) is 37.4 Å². The van der Waals surface area contributed by atoms with E-state index >= 15 is 0 Å². The van der Waals surface area contributed by atoms with Crippen LogP contribution in [0.4, 0.5) is 18.3 Å². The summed E-state index contributed by atoms with van der Waals surface area (Å²) >= 11 is 0.995. The summed E-state index contributed by atoms with van der Waals surface area (Å²) in [7, 11) is -1.76. The number of aromatic nitrogens is 1. The predicted octanol–water partition coefficient (Wildman–Crippen LogP) is 3.50. The molecule has 0 aliphatic carbocycles. The number of hydrogen-bond donors (Lipinski definition) is 1. The number of rotatable bonds is 4. The Balaban J connectivity index is 1.59. The highest BCUT2D eigenvalue weighted by Crippen LogP contribution is 2.33. The minimum atomic E-state index is -4.67. The largest absolute Gasteiger partial charge is 0.417 e. The number of nitrogens with zero attached hydrogens (tertiary/aromatic N) is 3. The average molecular weight is 485 g/mol. The second kappa shape index (κ2) is 8.43. The summed E-state index contributed by atoms with van der Waals surface area (Å²) in [5.74, 6) is -0.942.